The lowest BCUT2D eigenvalue weighted by Crippen LogP contribution is -2.47. The van der Waals surface area contributed by atoms with Gasteiger partial charge in [-0.25, -0.2) is 4.79 Å². The van der Waals surface area contributed by atoms with E-state index < -0.39 is 0 Å². The fourth-order valence-corrected chi connectivity index (χ4v) is 2.74. The van der Waals surface area contributed by atoms with Crippen molar-refractivity contribution in [2.24, 2.45) is 0 Å². The number of carbonyl (C=O) groups excluding carboxylic acids is 2. The van der Waals surface area contributed by atoms with Crippen molar-refractivity contribution in [2.45, 2.75) is 52.0 Å². The van der Waals surface area contributed by atoms with Gasteiger partial charge in [0.05, 0.1) is 23.9 Å². The van der Waals surface area contributed by atoms with Gasteiger partial charge in [0.25, 0.3) is 0 Å². The van der Waals surface area contributed by atoms with Crippen LogP contribution < -0.4 is 5.43 Å². The summed E-state index contributed by atoms with van der Waals surface area (Å²) in [6.45, 7) is 4.27. The van der Waals surface area contributed by atoms with Gasteiger partial charge in [0.2, 0.25) is 5.91 Å². The minimum atomic E-state index is -0.327. The number of hydrogen-bond donors (Lipinski definition) is 1. The van der Waals surface area contributed by atoms with Gasteiger partial charge >= 0.3 is 5.97 Å². The average molecular weight is 304 g/mol. The van der Waals surface area contributed by atoms with Gasteiger partial charge in [-0.05, 0) is 50.5 Å². The summed E-state index contributed by atoms with van der Waals surface area (Å²) in [5.74, 6) is -0.189. The van der Waals surface area contributed by atoms with Crippen molar-refractivity contribution in [3.05, 3.63) is 29.8 Å². The Morgan fingerprint density at radius 2 is 2.05 bits per heavy atom. The molecule has 0 spiro atoms. The summed E-state index contributed by atoms with van der Waals surface area (Å²) in [5, 5.41) is 1.76. The van der Waals surface area contributed by atoms with E-state index >= 15 is 0 Å². The number of hydrogen-bond acceptors (Lipinski definition) is 4. The van der Waals surface area contributed by atoms with Crippen molar-refractivity contribution in [3.8, 4) is 0 Å². The van der Waals surface area contributed by atoms with Crippen LogP contribution in [0.3, 0.4) is 0 Å². The molecule has 22 heavy (non-hydrogen) atoms. The summed E-state index contributed by atoms with van der Waals surface area (Å²) in [7, 11) is 0. The lowest BCUT2D eigenvalue weighted by molar-refractivity contribution is -0.134. The van der Waals surface area contributed by atoms with E-state index in [1.165, 1.54) is 0 Å². The maximum absolute atomic E-state index is 12.1. The van der Waals surface area contributed by atoms with Gasteiger partial charge in [-0.15, -0.1) is 0 Å². The van der Waals surface area contributed by atoms with Crippen LogP contribution in [0.25, 0.3) is 0 Å². The first-order chi connectivity index (χ1) is 10.7. The van der Waals surface area contributed by atoms with Crippen LogP contribution in [-0.4, -0.2) is 29.5 Å². The Morgan fingerprint density at radius 3 is 2.68 bits per heavy atom. The third kappa shape index (κ3) is 4.00. The maximum Gasteiger partial charge on any atom is 0.338 e. The SMILES string of the molecule is CCC[C@H]1CCCC(=O)N1Nc1ccc(C(=O)OCC)cc1. The number of nitrogens with one attached hydrogen (secondary N) is 1. The summed E-state index contributed by atoms with van der Waals surface area (Å²) in [6, 6.07) is 7.28. The molecule has 0 saturated carbocycles. The highest BCUT2D eigenvalue weighted by Crippen LogP contribution is 2.23. The molecule has 1 N–H and O–H groups in total. The van der Waals surface area contributed by atoms with Crippen molar-refractivity contribution in [3.63, 3.8) is 0 Å². The second-order valence-electron chi connectivity index (χ2n) is 5.51. The van der Waals surface area contributed by atoms with Crippen LogP contribution in [0.4, 0.5) is 5.69 Å². The lowest BCUT2D eigenvalue weighted by Gasteiger charge is -2.36. The van der Waals surface area contributed by atoms with Crippen molar-refractivity contribution in [1.82, 2.24) is 5.01 Å². The highest BCUT2D eigenvalue weighted by Gasteiger charge is 2.27. The topological polar surface area (TPSA) is 58.6 Å². The van der Waals surface area contributed by atoms with E-state index in [0.29, 0.717) is 18.6 Å². The molecule has 1 atom stereocenters. The monoisotopic (exact) mass is 304 g/mol. The maximum atomic E-state index is 12.1. The molecule has 1 aliphatic heterocycles. The minimum Gasteiger partial charge on any atom is -0.462 e. The molecule has 1 saturated heterocycles. The quantitative estimate of drug-likeness (QED) is 0.819. The first kappa shape index (κ1) is 16.3. The van der Waals surface area contributed by atoms with E-state index in [-0.39, 0.29) is 17.9 Å². The van der Waals surface area contributed by atoms with E-state index in [0.717, 1.165) is 31.4 Å². The highest BCUT2D eigenvalue weighted by molar-refractivity contribution is 5.89. The van der Waals surface area contributed by atoms with Crippen molar-refractivity contribution < 1.29 is 14.3 Å². The lowest BCUT2D eigenvalue weighted by atomic mass is 9.99. The fourth-order valence-electron chi connectivity index (χ4n) is 2.74. The molecule has 120 valence electrons. The van der Waals surface area contributed by atoms with Crippen molar-refractivity contribution in [2.75, 3.05) is 12.0 Å². The van der Waals surface area contributed by atoms with Gasteiger partial charge in [0.1, 0.15) is 0 Å². The van der Waals surface area contributed by atoms with Gasteiger partial charge in [0.15, 0.2) is 0 Å². The second kappa shape index (κ2) is 7.82. The number of amides is 1. The van der Waals surface area contributed by atoms with Crippen LogP contribution in [0.5, 0.6) is 0 Å². The predicted octanol–water partition coefficient (Wildman–Crippen LogP) is 3.37. The zero-order chi connectivity index (χ0) is 15.9. The smallest absolute Gasteiger partial charge is 0.338 e. The number of hydrazine groups is 1. The molecule has 1 fully saturated rings. The van der Waals surface area contributed by atoms with E-state index in [1.807, 2.05) is 0 Å². The van der Waals surface area contributed by atoms with Crippen LogP contribution >= 0.6 is 0 Å². The molecule has 1 aromatic carbocycles. The standard InChI is InChI=1S/C17H24N2O3/c1-3-6-15-7-5-8-16(20)19(15)18-14-11-9-13(10-12-14)17(21)22-4-2/h9-12,15,18H,3-8H2,1-2H3/t15-/m0/s1. The molecule has 0 bridgehead atoms. The number of anilines is 1. The first-order valence-corrected chi connectivity index (χ1v) is 8.01. The number of nitrogens with zero attached hydrogens (tertiary/aromatic N) is 1. The van der Waals surface area contributed by atoms with Crippen LogP contribution in [0.1, 0.15) is 56.3 Å². The Morgan fingerprint density at radius 1 is 1.32 bits per heavy atom. The Balaban J connectivity index is 2.04. The van der Waals surface area contributed by atoms with E-state index in [2.05, 4.69) is 12.3 Å². The Hall–Kier alpha value is -2.04. The van der Waals surface area contributed by atoms with Crippen LogP contribution in [0, 0.1) is 0 Å². The molecule has 5 heteroatoms. The molecule has 0 aromatic heterocycles. The average Bonchev–Trinajstić information content (AvgIpc) is 2.52. The Kier molecular flexibility index (Phi) is 5.81. The number of carbonyl (C=O) groups is 2. The molecule has 1 heterocycles. The minimum absolute atomic E-state index is 0.138. The number of ether oxygens (including phenoxy) is 1. The van der Waals surface area contributed by atoms with Crippen LogP contribution in [0.2, 0.25) is 0 Å². The molecule has 1 aliphatic rings. The largest absolute Gasteiger partial charge is 0.462 e. The number of esters is 1. The number of benzene rings is 1. The summed E-state index contributed by atoms with van der Waals surface area (Å²) >= 11 is 0. The summed E-state index contributed by atoms with van der Waals surface area (Å²) < 4.78 is 4.96. The van der Waals surface area contributed by atoms with E-state index in [4.69, 9.17) is 4.74 Å². The van der Waals surface area contributed by atoms with E-state index in [9.17, 15) is 9.59 Å². The summed E-state index contributed by atoms with van der Waals surface area (Å²) in [6.07, 6.45) is 4.64. The zero-order valence-corrected chi connectivity index (χ0v) is 13.3. The fraction of sp³-hybridized carbons (Fsp3) is 0.529. The molecular formula is C17H24N2O3. The Labute approximate surface area is 131 Å². The van der Waals surface area contributed by atoms with Gasteiger partial charge in [-0.3, -0.25) is 15.2 Å². The van der Waals surface area contributed by atoms with Gasteiger partial charge in [-0.2, -0.15) is 0 Å². The van der Waals surface area contributed by atoms with Crippen LogP contribution in [-0.2, 0) is 9.53 Å². The third-order valence-corrected chi connectivity index (χ3v) is 3.83. The van der Waals surface area contributed by atoms with Crippen molar-refractivity contribution in [1.29, 1.82) is 0 Å². The molecule has 0 aliphatic carbocycles. The van der Waals surface area contributed by atoms with Crippen molar-refractivity contribution >= 4 is 17.6 Å². The highest BCUT2D eigenvalue weighted by atomic mass is 16.5. The summed E-state index contributed by atoms with van der Waals surface area (Å²) in [4.78, 5) is 23.8. The molecular weight excluding hydrogens is 280 g/mol. The zero-order valence-electron chi connectivity index (χ0n) is 13.3. The molecule has 1 amide bonds. The van der Waals surface area contributed by atoms with Gasteiger partial charge < -0.3 is 4.74 Å². The first-order valence-electron chi connectivity index (χ1n) is 8.01. The predicted molar refractivity (Wildman–Crippen MR) is 85.4 cm³/mol. The number of piperidine rings is 1. The third-order valence-electron chi connectivity index (χ3n) is 3.83. The molecule has 1 aromatic rings. The van der Waals surface area contributed by atoms with Gasteiger partial charge in [-0.1, -0.05) is 13.3 Å². The van der Waals surface area contributed by atoms with E-state index in [1.54, 1.807) is 36.2 Å². The normalized spacial score (nSPS) is 18.2. The van der Waals surface area contributed by atoms with Crippen LogP contribution in [0.15, 0.2) is 24.3 Å². The molecule has 2 rings (SSSR count). The molecule has 5 nitrogen and oxygen atoms in total. The van der Waals surface area contributed by atoms with Gasteiger partial charge in [0, 0.05) is 6.42 Å². The number of rotatable bonds is 6. The Bertz CT molecular complexity index is 511. The second-order valence-corrected chi connectivity index (χ2v) is 5.51. The summed E-state index contributed by atoms with van der Waals surface area (Å²) in [5.41, 5.74) is 4.52. The molecule has 0 radical (unpaired) electrons. The molecule has 0 unspecified atom stereocenters.